The van der Waals surface area contributed by atoms with Gasteiger partial charge in [0.05, 0.1) is 6.10 Å². The van der Waals surface area contributed by atoms with Crippen LogP contribution in [0.5, 0.6) is 0 Å². The van der Waals surface area contributed by atoms with Crippen LogP contribution in [0.15, 0.2) is 10.6 Å². The zero-order valence-corrected chi connectivity index (χ0v) is 9.51. The van der Waals surface area contributed by atoms with Crippen molar-refractivity contribution in [1.82, 2.24) is 10.1 Å². The predicted octanol–water partition coefficient (Wildman–Crippen LogP) is 1.00. The molecule has 1 aliphatic carbocycles. The summed E-state index contributed by atoms with van der Waals surface area (Å²) in [6.07, 6.45) is 1.70. The molecule has 1 saturated carbocycles. The molecule has 1 atom stereocenters. The van der Waals surface area contributed by atoms with Crippen LogP contribution in [0.25, 0.3) is 0 Å². The van der Waals surface area contributed by atoms with E-state index in [1.807, 2.05) is 0 Å². The van der Waals surface area contributed by atoms with Gasteiger partial charge in [-0.1, -0.05) is 5.16 Å². The molecule has 1 aromatic rings. The van der Waals surface area contributed by atoms with Gasteiger partial charge in [0, 0.05) is 25.6 Å². The van der Waals surface area contributed by atoms with E-state index in [0.29, 0.717) is 18.2 Å². The summed E-state index contributed by atoms with van der Waals surface area (Å²) in [6.45, 7) is 1.94. The van der Waals surface area contributed by atoms with Crippen molar-refractivity contribution in [3.8, 4) is 0 Å². The quantitative estimate of drug-likeness (QED) is 0.828. The van der Waals surface area contributed by atoms with Crippen molar-refractivity contribution in [2.45, 2.75) is 31.8 Å². The van der Waals surface area contributed by atoms with Gasteiger partial charge in [-0.15, -0.1) is 0 Å². The van der Waals surface area contributed by atoms with E-state index in [1.165, 1.54) is 4.90 Å². The Morgan fingerprint density at radius 1 is 1.75 bits per heavy atom. The van der Waals surface area contributed by atoms with Crippen molar-refractivity contribution >= 4 is 5.91 Å². The summed E-state index contributed by atoms with van der Waals surface area (Å²) in [5.74, 6) is 1.04. The summed E-state index contributed by atoms with van der Waals surface area (Å²) in [7, 11) is 1.64. The van der Waals surface area contributed by atoms with Crippen LogP contribution in [0.3, 0.4) is 0 Å². The number of hydrogen-bond donors (Lipinski definition) is 1. The lowest BCUT2D eigenvalue weighted by molar-refractivity contribution is 0.0694. The van der Waals surface area contributed by atoms with E-state index in [0.717, 1.165) is 18.6 Å². The van der Waals surface area contributed by atoms with E-state index in [4.69, 9.17) is 4.52 Å². The van der Waals surface area contributed by atoms with Crippen molar-refractivity contribution in [3.05, 3.63) is 17.5 Å². The van der Waals surface area contributed by atoms with Gasteiger partial charge < -0.3 is 14.5 Å². The van der Waals surface area contributed by atoms with Gasteiger partial charge in [-0.25, -0.2) is 0 Å². The number of aromatic nitrogens is 1. The fraction of sp³-hybridized carbons (Fsp3) is 0.636. The molecule has 16 heavy (non-hydrogen) atoms. The van der Waals surface area contributed by atoms with Crippen molar-refractivity contribution in [2.75, 3.05) is 13.6 Å². The van der Waals surface area contributed by atoms with E-state index in [9.17, 15) is 9.90 Å². The second-order valence-electron chi connectivity index (χ2n) is 4.42. The summed E-state index contributed by atoms with van der Waals surface area (Å²) >= 11 is 0. The minimum atomic E-state index is -0.538. The molecule has 0 spiro atoms. The standard InChI is InChI=1S/C11H16N2O3/c1-7(14)6-13(2)11(15)9-5-10(16-12-9)8-3-4-8/h5,7-8,14H,3-4,6H2,1-2H3. The van der Waals surface area contributed by atoms with Gasteiger partial charge in [0.2, 0.25) is 0 Å². The Balaban J connectivity index is 2.01. The largest absolute Gasteiger partial charge is 0.392 e. The van der Waals surface area contributed by atoms with E-state index >= 15 is 0 Å². The van der Waals surface area contributed by atoms with E-state index < -0.39 is 6.10 Å². The number of amides is 1. The number of aliphatic hydroxyl groups excluding tert-OH is 1. The maximum Gasteiger partial charge on any atom is 0.275 e. The van der Waals surface area contributed by atoms with E-state index in [1.54, 1.807) is 20.0 Å². The number of carbonyl (C=O) groups is 1. The average Bonchev–Trinajstić information content (AvgIpc) is 2.95. The Bertz CT molecular complexity index is 382. The van der Waals surface area contributed by atoms with Gasteiger partial charge in [-0.05, 0) is 19.8 Å². The molecule has 0 aromatic carbocycles. The Kier molecular flexibility index (Phi) is 2.96. The number of carbonyl (C=O) groups excluding carboxylic acids is 1. The maximum absolute atomic E-state index is 11.8. The number of hydrogen-bond acceptors (Lipinski definition) is 4. The normalized spacial score (nSPS) is 17.2. The second-order valence-corrected chi connectivity index (χ2v) is 4.42. The van der Waals surface area contributed by atoms with E-state index in [-0.39, 0.29) is 5.91 Å². The molecule has 1 aliphatic rings. The zero-order valence-electron chi connectivity index (χ0n) is 9.51. The van der Waals surface area contributed by atoms with Crippen molar-refractivity contribution in [2.24, 2.45) is 0 Å². The van der Waals surface area contributed by atoms with Crippen molar-refractivity contribution < 1.29 is 14.4 Å². The minimum Gasteiger partial charge on any atom is -0.392 e. The van der Waals surface area contributed by atoms with Gasteiger partial charge >= 0.3 is 0 Å². The predicted molar refractivity (Wildman–Crippen MR) is 57.1 cm³/mol. The van der Waals surface area contributed by atoms with Crippen LogP contribution in [0.4, 0.5) is 0 Å². The zero-order chi connectivity index (χ0) is 11.7. The summed E-state index contributed by atoms with van der Waals surface area (Å²) < 4.78 is 5.10. The number of aliphatic hydroxyl groups is 1. The molecule has 0 bridgehead atoms. The minimum absolute atomic E-state index is 0.212. The lowest BCUT2D eigenvalue weighted by Gasteiger charge is -2.16. The molecule has 1 unspecified atom stereocenters. The van der Waals surface area contributed by atoms with Crippen LogP contribution in [0, 0.1) is 0 Å². The first-order valence-electron chi connectivity index (χ1n) is 5.48. The third-order valence-electron chi connectivity index (χ3n) is 2.61. The average molecular weight is 224 g/mol. The molecule has 1 aromatic heterocycles. The van der Waals surface area contributed by atoms with Crippen LogP contribution in [-0.2, 0) is 0 Å². The topological polar surface area (TPSA) is 66.6 Å². The lowest BCUT2D eigenvalue weighted by atomic mass is 10.2. The van der Waals surface area contributed by atoms with Crippen LogP contribution >= 0.6 is 0 Å². The Morgan fingerprint density at radius 2 is 2.44 bits per heavy atom. The molecule has 88 valence electrons. The van der Waals surface area contributed by atoms with Gasteiger partial charge in [0.25, 0.3) is 5.91 Å². The molecule has 1 fully saturated rings. The molecular formula is C11H16N2O3. The third kappa shape index (κ3) is 2.41. The first-order valence-corrected chi connectivity index (χ1v) is 5.48. The van der Waals surface area contributed by atoms with Crippen molar-refractivity contribution in [1.29, 1.82) is 0 Å². The third-order valence-corrected chi connectivity index (χ3v) is 2.61. The molecular weight excluding hydrogens is 208 g/mol. The maximum atomic E-state index is 11.8. The number of likely N-dealkylation sites (N-methyl/N-ethyl adjacent to an activating group) is 1. The van der Waals surface area contributed by atoms with E-state index in [2.05, 4.69) is 5.16 Å². The number of nitrogens with zero attached hydrogens (tertiary/aromatic N) is 2. The molecule has 1 heterocycles. The van der Waals surface area contributed by atoms with Crippen LogP contribution in [-0.4, -0.2) is 40.8 Å². The Hall–Kier alpha value is -1.36. The fourth-order valence-electron chi connectivity index (χ4n) is 1.63. The molecule has 1 amide bonds. The molecule has 2 rings (SSSR count). The molecule has 1 N–H and O–H groups in total. The first-order chi connectivity index (χ1) is 7.58. The Morgan fingerprint density at radius 3 is 3.00 bits per heavy atom. The van der Waals surface area contributed by atoms with Gasteiger partial charge in [0.1, 0.15) is 5.76 Å². The van der Waals surface area contributed by atoms with Crippen LogP contribution in [0.2, 0.25) is 0 Å². The SMILES string of the molecule is CC(O)CN(C)C(=O)c1cc(C2CC2)on1. The molecule has 0 aliphatic heterocycles. The molecule has 5 nitrogen and oxygen atoms in total. The second kappa shape index (κ2) is 4.25. The highest BCUT2D eigenvalue weighted by Gasteiger charge is 2.29. The van der Waals surface area contributed by atoms with Crippen LogP contribution < -0.4 is 0 Å². The molecule has 0 saturated heterocycles. The van der Waals surface area contributed by atoms with Gasteiger partial charge in [-0.3, -0.25) is 4.79 Å². The highest BCUT2D eigenvalue weighted by atomic mass is 16.5. The smallest absolute Gasteiger partial charge is 0.275 e. The lowest BCUT2D eigenvalue weighted by Crippen LogP contribution is -2.33. The fourth-order valence-corrected chi connectivity index (χ4v) is 1.63. The van der Waals surface area contributed by atoms with Gasteiger partial charge in [-0.2, -0.15) is 0 Å². The molecule has 5 heteroatoms. The van der Waals surface area contributed by atoms with Gasteiger partial charge in [0.15, 0.2) is 5.69 Å². The number of rotatable bonds is 4. The summed E-state index contributed by atoms with van der Waals surface area (Å²) in [5, 5.41) is 12.9. The first kappa shape index (κ1) is 11.1. The van der Waals surface area contributed by atoms with Crippen LogP contribution in [0.1, 0.15) is 41.9 Å². The highest BCUT2D eigenvalue weighted by molar-refractivity contribution is 5.92. The monoisotopic (exact) mass is 224 g/mol. The summed E-state index contributed by atoms with van der Waals surface area (Å²) in [4.78, 5) is 13.3. The summed E-state index contributed by atoms with van der Waals surface area (Å²) in [5.41, 5.74) is 0.324. The Labute approximate surface area is 94.0 Å². The van der Waals surface area contributed by atoms with Crippen molar-refractivity contribution in [3.63, 3.8) is 0 Å². The highest BCUT2D eigenvalue weighted by Crippen LogP contribution is 2.40. The molecule has 0 radical (unpaired) electrons. The summed E-state index contributed by atoms with van der Waals surface area (Å²) in [6, 6.07) is 1.71.